The van der Waals surface area contributed by atoms with Gasteiger partial charge in [-0.2, -0.15) is 4.31 Å². The quantitative estimate of drug-likeness (QED) is 0.528. The zero-order valence-corrected chi connectivity index (χ0v) is 21.4. The molecule has 2 aromatic carbocycles. The van der Waals surface area contributed by atoms with Gasteiger partial charge in [0.05, 0.1) is 29.5 Å². The van der Waals surface area contributed by atoms with Gasteiger partial charge in [0.1, 0.15) is 0 Å². The minimum atomic E-state index is -3.59. The lowest BCUT2D eigenvalue weighted by atomic mass is 10.0. The normalized spacial score (nSPS) is 14.5. The molecule has 2 aromatic rings. The molecule has 0 aliphatic carbocycles. The summed E-state index contributed by atoms with van der Waals surface area (Å²) in [6.45, 7) is 11.5. The lowest BCUT2D eigenvalue weighted by Gasteiger charge is -2.31. The highest BCUT2D eigenvalue weighted by Gasteiger charge is 2.24. The van der Waals surface area contributed by atoms with Crippen molar-refractivity contribution in [3.8, 4) is 0 Å². The van der Waals surface area contributed by atoms with E-state index in [0.29, 0.717) is 43.0 Å². The van der Waals surface area contributed by atoms with Gasteiger partial charge < -0.3 is 20.3 Å². The zero-order chi connectivity index (χ0) is 24.0. The van der Waals surface area contributed by atoms with Gasteiger partial charge in [0.2, 0.25) is 10.0 Å². The number of nitrogens with zero attached hydrogens (tertiary/aromatic N) is 2. The van der Waals surface area contributed by atoms with Crippen LogP contribution >= 0.6 is 12.2 Å². The van der Waals surface area contributed by atoms with Gasteiger partial charge in [-0.3, -0.25) is 0 Å². The fraction of sp³-hybridized carbons (Fsp3) is 0.458. The number of hydrogen-bond acceptors (Lipinski definition) is 5. The summed E-state index contributed by atoms with van der Waals surface area (Å²) >= 11 is 5.57. The molecule has 1 heterocycles. The van der Waals surface area contributed by atoms with Crippen molar-refractivity contribution >= 4 is 44.4 Å². The molecule has 7 nitrogen and oxygen atoms in total. The van der Waals surface area contributed by atoms with E-state index in [1.165, 1.54) is 9.87 Å². The van der Waals surface area contributed by atoms with E-state index in [4.69, 9.17) is 17.0 Å². The maximum absolute atomic E-state index is 13.1. The van der Waals surface area contributed by atoms with Crippen molar-refractivity contribution in [1.29, 1.82) is 0 Å². The summed E-state index contributed by atoms with van der Waals surface area (Å²) in [7, 11) is -3.59. The molecule has 0 spiro atoms. The summed E-state index contributed by atoms with van der Waals surface area (Å²) in [5.41, 5.74) is 3.68. The Labute approximate surface area is 203 Å². The van der Waals surface area contributed by atoms with Crippen LogP contribution in [0.2, 0.25) is 0 Å². The van der Waals surface area contributed by atoms with Crippen molar-refractivity contribution < 1.29 is 13.2 Å². The van der Waals surface area contributed by atoms with Crippen LogP contribution < -0.4 is 15.5 Å². The molecule has 0 unspecified atom stereocenters. The maximum atomic E-state index is 13.1. The van der Waals surface area contributed by atoms with Gasteiger partial charge in [0.25, 0.3) is 0 Å². The van der Waals surface area contributed by atoms with Crippen molar-refractivity contribution in [3.63, 3.8) is 0 Å². The Balaban J connectivity index is 1.88. The van der Waals surface area contributed by atoms with Crippen LogP contribution in [0.25, 0.3) is 0 Å². The second-order valence-electron chi connectivity index (χ2n) is 8.22. The van der Waals surface area contributed by atoms with E-state index < -0.39 is 10.0 Å². The summed E-state index contributed by atoms with van der Waals surface area (Å²) in [6.07, 6.45) is 0. The van der Waals surface area contributed by atoms with E-state index in [1.54, 1.807) is 12.1 Å². The first-order valence-corrected chi connectivity index (χ1v) is 13.3. The van der Waals surface area contributed by atoms with E-state index in [1.807, 2.05) is 32.0 Å². The first-order valence-electron chi connectivity index (χ1n) is 11.4. The predicted molar refractivity (Wildman–Crippen MR) is 140 cm³/mol. The SMILES string of the molecule is CCN(CC)S(=O)(=O)c1ccc(N2CCOCC2)c(NC(=S)Nc2ccc(C(C)C)cc2)c1. The fourth-order valence-electron chi connectivity index (χ4n) is 3.80. The van der Waals surface area contributed by atoms with Crippen molar-refractivity contribution in [2.75, 3.05) is 54.9 Å². The highest BCUT2D eigenvalue weighted by molar-refractivity contribution is 7.89. The third-order valence-corrected chi connectivity index (χ3v) is 8.00. The van der Waals surface area contributed by atoms with E-state index >= 15 is 0 Å². The van der Waals surface area contributed by atoms with Gasteiger partial charge in [0.15, 0.2) is 5.11 Å². The molecule has 0 radical (unpaired) electrons. The average Bonchev–Trinajstić information content (AvgIpc) is 2.80. The van der Waals surface area contributed by atoms with Gasteiger partial charge in [-0.05, 0) is 54.0 Å². The first-order chi connectivity index (χ1) is 15.8. The lowest BCUT2D eigenvalue weighted by molar-refractivity contribution is 0.123. The molecule has 0 aromatic heterocycles. The number of benzene rings is 2. The van der Waals surface area contributed by atoms with Crippen molar-refractivity contribution in [1.82, 2.24) is 4.31 Å². The molecule has 0 amide bonds. The molecule has 1 aliphatic heterocycles. The Bertz CT molecular complexity index is 1050. The highest BCUT2D eigenvalue weighted by atomic mass is 32.2. The molecule has 0 saturated carbocycles. The predicted octanol–water partition coefficient (Wildman–Crippen LogP) is 4.49. The molecular weight excluding hydrogens is 456 g/mol. The number of anilines is 3. The van der Waals surface area contributed by atoms with Crippen LogP contribution in [-0.2, 0) is 14.8 Å². The van der Waals surface area contributed by atoms with Gasteiger partial charge in [-0.1, -0.05) is 39.8 Å². The maximum Gasteiger partial charge on any atom is 0.243 e. The second kappa shape index (κ2) is 11.3. The summed E-state index contributed by atoms with van der Waals surface area (Å²) in [4.78, 5) is 2.43. The third-order valence-electron chi connectivity index (χ3n) is 5.75. The molecule has 0 bridgehead atoms. The van der Waals surface area contributed by atoms with Crippen molar-refractivity contribution in [2.45, 2.75) is 38.5 Å². The van der Waals surface area contributed by atoms with Crippen LogP contribution in [0, 0.1) is 0 Å². The summed E-state index contributed by atoms with van der Waals surface area (Å²) in [6, 6.07) is 13.3. The fourth-order valence-corrected chi connectivity index (χ4v) is 5.52. The molecule has 9 heteroatoms. The molecule has 1 fully saturated rings. The number of nitrogens with one attached hydrogen (secondary N) is 2. The molecule has 3 rings (SSSR count). The first kappa shape index (κ1) is 25.4. The number of morpholine rings is 1. The molecular formula is C24H34N4O3S2. The van der Waals surface area contributed by atoms with Gasteiger partial charge in [-0.15, -0.1) is 0 Å². The third kappa shape index (κ3) is 6.23. The van der Waals surface area contributed by atoms with Crippen molar-refractivity contribution in [2.24, 2.45) is 0 Å². The standard InChI is InChI=1S/C24H34N4O3S2/c1-5-28(6-2)33(29,30)21-11-12-23(27-13-15-31-16-14-27)22(17-21)26-24(32)25-20-9-7-19(8-10-20)18(3)4/h7-12,17-18H,5-6,13-16H2,1-4H3,(H2,25,26,32). The van der Waals surface area contributed by atoms with E-state index in [2.05, 4.69) is 41.5 Å². The Hall–Kier alpha value is -2.20. The van der Waals surface area contributed by atoms with E-state index in [-0.39, 0.29) is 4.90 Å². The molecule has 0 atom stereocenters. The Morgan fingerprint density at radius 1 is 1.06 bits per heavy atom. The largest absolute Gasteiger partial charge is 0.378 e. The minimum absolute atomic E-state index is 0.245. The Morgan fingerprint density at radius 3 is 2.27 bits per heavy atom. The molecule has 1 aliphatic rings. The molecule has 1 saturated heterocycles. The minimum Gasteiger partial charge on any atom is -0.378 e. The molecule has 2 N–H and O–H groups in total. The van der Waals surface area contributed by atoms with Crippen LogP contribution in [0.3, 0.4) is 0 Å². The topological polar surface area (TPSA) is 73.9 Å². The molecule has 33 heavy (non-hydrogen) atoms. The van der Waals surface area contributed by atoms with E-state index in [9.17, 15) is 8.42 Å². The molecule has 180 valence electrons. The van der Waals surface area contributed by atoms with Gasteiger partial charge >= 0.3 is 0 Å². The number of thiocarbonyl (C=S) groups is 1. The lowest BCUT2D eigenvalue weighted by Crippen LogP contribution is -2.37. The number of hydrogen-bond donors (Lipinski definition) is 2. The Morgan fingerprint density at radius 2 is 1.70 bits per heavy atom. The highest BCUT2D eigenvalue weighted by Crippen LogP contribution is 2.31. The van der Waals surface area contributed by atoms with Crippen molar-refractivity contribution in [3.05, 3.63) is 48.0 Å². The summed E-state index contributed by atoms with van der Waals surface area (Å²) in [5.74, 6) is 0.454. The average molecular weight is 491 g/mol. The van der Waals surface area contributed by atoms with Gasteiger partial charge in [0, 0.05) is 31.9 Å². The second-order valence-corrected chi connectivity index (χ2v) is 10.6. The van der Waals surface area contributed by atoms with Gasteiger partial charge in [-0.25, -0.2) is 8.42 Å². The monoisotopic (exact) mass is 490 g/mol. The number of rotatable bonds is 8. The summed E-state index contributed by atoms with van der Waals surface area (Å²) < 4.78 is 33.2. The van der Waals surface area contributed by atoms with Crippen LogP contribution in [-0.4, -0.2) is 57.2 Å². The van der Waals surface area contributed by atoms with Crippen LogP contribution in [0.4, 0.5) is 17.1 Å². The zero-order valence-electron chi connectivity index (χ0n) is 19.8. The Kier molecular flexibility index (Phi) is 8.69. The van der Waals surface area contributed by atoms with Crippen LogP contribution in [0.15, 0.2) is 47.4 Å². The van der Waals surface area contributed by atoms with Crippen LogP contribution in [0.1, 0.15) is 39.2 Å². The number of ether oxygens (including phenoxy) is 1. The number of sulfonamides is 1. The smallest absolute Gasteiger partial charge is 0.243 e. The summed E-state index contributed by atoms with van der Waals surface area (Å²) in [5, 5.41) is 6.85. The van der Waals surface area contributed by atoms with Crippen LogP contribution in [0.5, 0.6) is 0 Å². The van der Waals surface area contributed by atoms with E-state index in [0.717, 1.165) is 24.5 Å².